The van der Waals surface area contributed by atoms with Gasteiger partial charge in [0.15, 0.2) is 5.82 Å². The van der Waals surface area contributed by atoms with E-state index in [2.05, 4.69) is 20.4 Å². The van der Waals surface area contributed by atoms with E-state index < -0.39 is 5.60 Å². The Morgan fingerprint density at radius 3 is 2.77 bits per heavy atom. The molecule has 0 atom stereocenters. The van der Waals surface area contributed by atoms with E-state index in [0.717, 1.165) is 23.4 Å². The molecule has 4 rings (SSSR count). The molecule has 2 aromatic heterocycles. The van der Waals surface area contributed by atoms with E-state index in [1.54, 1.807) is 27.7 Å². The average Bonchev–Trinajstić information content (AvgIpc) is 2.99. The number of aromatic nitrogens is 4. The number of hydrogen-bond acceptors (Lipinski definition) is 7. The number of ether oxygens (including phenoxy) is 1. The Morgan fingerprint density at radius 2 is 2.00 bits per heavy atom. The molecule has 0 spiro atoms. The molecule has 0 saturated carbocycles. The first-order chi connectivity index (χ1) is 14.2. The van der Waals surface area contributed by atoms with Crippen molar-refractivity contribution in [2.24, 2.45) is 0 Å². The summed E-state index contributed by atoms with van der Waals surface area (Å²) in [5.41, 5.74) is 2.27. The standard InChI is InChI=1S/C20H27N7O3/c1-20(2,3)30-19(29)26-8-5-13-10-21-18(22-15(13)11-26)23-16-9-14-6-7-25(4)17(28)12-27(14)24-16/h9-10H,5-8,11-12H2,1-4H3,(H,21,22,23,24). The number of rotatable bonds is 2. The fraction of sp³-hybridized carbons (Fsp3) is 0.550. The van der Waals surface area contributed by atoms with Gasteiger partial charge >= 0.3 is 6.09 Å². The maximum absolute atomic E-state index is 12.4. The van der Waals surface area contributed by atoms with Gasteiger partial charge < -0.3 is 19.9 Å². The highest BCUT2D eigenvalue weighted by Crippen LogP contribution is 2.22. The predicted molar refractivity (Wildman–Crippen MR) is 109 cm³/mol. The molecule has 2 aliphatic rings. The Balaban J connectivity index is 1.47. The van der Waals surface area contributed by atoms with Crippen molar-refractivity contribution in [2.45, 2.75) is 52.3 Å². The maximum Gasteiger partial charge on any atom is 0.410 e. The monoisotopic (exact) mass is 413 g/mol. The Bertz CT molecular complexity index is 979. The van der Waals surface area contributed by atoms with Gasteiger partial charge in [-0.3, -0.25) is 9.48 Å². The van der Waals surface area contributed by atoms with Crippen molar-refractivity contribution in [3.63, 3.8) is 0 Å². The molecule has 30 heavy (non-hydrogen) atoms. The molecule has 2 aromatic rings. The summed E-state index contributed by atoms with van der Waals surface area (Å²) < 4.78 is 7.19. The zero-order valence-corrected chi connectivity index (χ0v) is 17.8. The summed E-state index contributed by atoms with van der Waals surface area (Å²) in [6.07, 6.45) is 2.88. The van der Waals surface area contributed by atoms with Gasteiger partial charge in [0.25, 0.3) is 0 Å². The molecule has 0 unspecified atom stereocenters. The molecule has 0 aliphatic carbocycles. The van der Waals surface area contributed by atoms with Crippen LogP contribution in [0, 0.1) is 0 Å². The summed E-state index contributed by atoms with van der Waals surface area (Å²) in [5, 5.41) is 7.61. The van der Waals surface area contributed by atoms with Crippen molar-refractivity contribution < 1.29 is 14.3 Å². The molecule has 0 radical (unpaired) electrons. The number of hydrogen-bond donors (Lipinski definition) is 1. The van der Waals surface area contributed by atoms with E-state index in [-0.39, 0.29) is 18.5 Å². The minimum atomic E-state index is -0.537. The number of nitrogens with zero attached hydrogens (tertiary/aromatic N) is 6. The molecule has 0 aromatic carbocycles. The number of amides is 2. The fourth-order valence-corrected chi connectivity index (χ4v) is 3.47. The molecular weight excluding hydrogens is 386 g/mol. The van der Waals surface area contributed by atoms with Gasteiger partial charge in [-0.05, 0) is 32.8 Å². The fourth-order valence-electron chi connectivity index (χ4n) is 3.47. The lowest BCUT2D eigenvalue weighted by Gasteiger charge is -2.30. The highest BCUT2D eigenvalue weighted by molar-refractivity contribution is 5.76. The van der Waals surface area contributed by atoms with Crippen LogP contribution in [-0.4, -0.2) is 67.3 Å². The first-order valence-electron chi connectivity index (χ1n) is 10.1. The maximum atomic E-state index is 12.4. The van der Waals surface area contributed by atoms with Crippen LogP contribution in [0.3, 0.4) is 0 Å². The summed E-state index contributed by atoms with van der Waals surface area (Å²) >= 11 is 0. The second kappa shape index (κ2) is 7.58. The Morgan fingerprint density at radius 1 is 1.20 bits per heavy atom. The first-order valence-corrected chi connectivity index (χ1v) is 10.1. The van der Waals surface area contributed by atoms with Crippen molar-refractivity contribution in [1.29, 1.82) is 0 Å². The lowest BCUT2D eigenvalue weighted by Crippen LogP contribution is -2.40. The van der Waals surface area contributed by atoms with Crippen molar-refractivity contribution >= 4 is 23.8 Å². The zero-order valence-electron chi connectivity index (χ0n) is 17.8. The molecule has 0 saturated heterocycles. The van der Waals surface area contributed by atoms with Gasteiger partial charge in [0.1, 0.15) is 12.1 Å². The van der Waals surface area contributed by atoms with Gasteiger partial charge in [0.2, 0.25) is 11.9 Å². The summed E-state index contributed by atoms with van der Waals surface area (Å²) in [7, 11) is 1.80. The molecule has 4 heterocycles. The summed E-state index contributed by atoms with van der Waals surface area (Å²) in [5.74, 6) is 1.05. The lowest BCUT2D eigenvalue weighted by atomic mass is 10.1. The summed E-state index contributed by atoms with van der Waals surface area (Å²) in [6, 6.07) is 1.92. The smallest absolute Gasteiger partial charge is 0.410 e. The molecule has 10 heteroatoms. The highest BCUT2D eigenvalue weighted by atomic mass is 16.6. The van der Waals surface area contributed by atoms with Gasteiger partial charge in [0, 0.05) is 44.5 Å². The minimum absolute atomic E-state index is 0.0377. The Labute approximate surface area is 175 Å². The number of likely N-dealkylation sites (N-methyl/N-ethyl adjacent to an activating group) is 1. The van der Waals surface area contributed by atoms with Crippen LogP contribution in [0.15, 0.2) is 12.3 Å². The largest absolute Gasteiger partial charge is 0.444 e. The molecule has 160 valence electrons. The first kappa shape index (κ1) is 20.1. The second-order valence-corrected chi connectivity index (χ2v) is 8.69. The van der Waals surface area contributed by atoms with Crippen LogP contribution in [-0.2, 0) is 35.5 Å². The number of carbonyl (C=O) groups excluding carboxylic acids is 2. The van der Waals surface area contributed by atoms with E-state index in [4.69, 9.17) is 4.74 Å². The van der Waals surface area contributed by atoms with Gasteiger partial charge in [-0.25, -0.2) is 14.8 Å². The molecule has 0 fully saturated rings. The number of fused-ring (bicyclic) bond motifs is 2. The SMILES string of the molecule is CN1CCc2cc(Nc3ncc4c(n3)CN(C(=O)OC(C)(C)C)CC4)nn2CC1=O. The third kappa shape index (κ3) is 4.37. The van der Waals surface area contributed by atoms with E-state index >= 15 is 0 Å². The Kier molecular flexibility index (Phi) is 5.08. The van der Waals surface area contributed by atoms with E-state index in [0.29, 0.717) is 37.8 Å². The van der Waals surface area contributed by atoms with E-state index in [9.17, 15) is 9.59 Å². The van der Waals surface area contributed by atoms with Gasteiger partial charge in [-0.1, -0.05) is 0 Å². The van der Waals surface area contributed by atoms with E-state index in [1.165, 1.54) is 0 Å². The molecule has 2 amide bonds. The van der Waals surface area contributed by atoms with Gasteiger partial charge in [0.05, 0.1) is 12.2 Å². The minimum Gasteiger partial charge on any atom is -0.444 e. The summed E-state index contributed by atoms with van der Waals surface area (Å²) in [4.78, 5) is 36.8. The van der Waals surface area contributed by atoms with Crippen LogP contribution in [0.2, 0.25) is 0 Å². The lowest BCUT2D eigenvalue weighted by molar-refractivity contribution is -0.130. The zero-order chi connectivity index (χ0) is 21.5. The highest BCUT2D eigenvalue weighted by Gasteiger charge is 2.27. The van der Waals surface area contributed by atoms with E-state index in [1.807, 2.05) is 26.8 Å². The topological polar surface area (TPSA) is 105 Å². The molecule has 0 bridgehead atoms. The second-order valence-electron chi connectivity index (χ2n) is 8.69. The number of carbonyl (C=O) groups is 2. The van der Waals surface area contributed by atoms with Crippen molar-refractivity contribution in [1.82, 2.24) is 29.5 Å². The van der Waals surface area contributed by atoms with Crippen LogP contribution < -0.4 is 5.32 Å². The van der Waals surface area contributed by atoms with Crippen molar-refractivity contribution in [3.8, 4) is 0 Å². The number of anilines is 2. The average molecular weight is 413 g/mol. The third-order valence-corrected chi connectivity index (χ3v) is 5.11. The normalized spacial score (nSPS) is 16.6. The Hall–Kier alpha value is -3.17. The molecule has 1 N–H and O–H groups in total. The van der Waals surface area contributed by atoms with Gasteiger partial charge in [-0.2, -0.15) is 5.10 Å². The number of nitrogens with one attached hydrogen (secondary N) is 1. The summed E-state index contributed by atoms with van der Waals surface area (Å²) in [6.45, 7) is 7.40. The van der Waals surface area contributed by atoms with Crippen LogP contribution in [0.5, 0.6) is 0 Å². The quantitative estimate of drug-likeness (QED) is 0.799. The van der Waals surface area contributed by atoms with Crippen LogP contribution in [0.1, 0.15) is 37.7 Å². The predicted octanol–water partition coefficient (Wildman–Crippen LogP) is 1.72. The molecule has 2 aliphatic heterocycles. The van der Waals surface area contributed by atoms with Crippen molar-refractivity contribution in [3.05, 3.63) is 29.2 Å². The third-order valence-electron chi connectivity index (χ3n) is 5.11. The molecular formula is C20H27N7O3. The van der Waals surface area contributed by atoms with Crippen LogP contribution in [0.4, 0.5) is 16.6 Å². The van der Waals surface area contributed by atoms with Crippen LogP contribution in [0.25, 0.3) is 0 Å². The van der Waals surface area contributed by atoms with Gasteiger partial charge in [-0.15, -0.1) is 0 Å². The van der Waals surface area contributed by atoms with Crippen molar-refractivity contribution in [2.75, 3.05) is 25.5 Å². The van der Waals surface area contributed by atoms with Crippen LogP contribution >= 0.6 is 0 Å². The molecule has 10 nitrogen and oxygen atoms in total.